The van der Waals surface area contributed by atoms with Crippen LogP contribution in [0, 0.1) is 5.82 Å². The number of ether oxygens (including phenoxy) is 3. The molecule has 0 radical (unpaired) electrons. The maximum atomic E-state index is 15.0. The zero-order valence-electron chi connectivity index (χ0n) is 16.8. The van der Waals surface area contributed by atoms with Crippen molar-refractivity contribution < 1.29 is 23.0 Å². The first-order valence-electron chi connectivity index (χ1n) is 10.6. The van der Waals surface area contributed by atoms with Crippen LogP contribution in [0.5, 0.6) is 11.9 Å². The van der Waals surface area contributed by atoms with E-state index in [1.165, 1.54) is 0 Å². The summed E-state index contributed by atoms with van der Waals surface area (Å²) in [6, 6.07) is 0.0433. The molecule has 3 atom stereocenters. The number of halogens is 3. The van der Waals surface area contributed by atoms with Crippen LogP contribution in [0.25, 0.3) is 10.9 Å². The van der Waals surface area contributed by atoms with Crippen LogP contribution in [0.2, 0.25) is 5.15 Å². The number of fused-ring (bicyclic) bond motifs is 4. The zero-order valence-corrected chi connectivity index (χ0v) is 17.6. The monoisotopic (exact) mass is 453 g/mol. The van der Waals surface area contributed by atoms with Gasteiger partial charge in [-0.2, -0.15) is 15.0 Å². The van der Waals surface area contributed by atoms with Crippen LogP contribution in [-0.4, -0.2) is 83.7 Å². The average Bonchev–Trinajstić information content (AvgIpc) is 3.10. The standard InChI is InChI=1S/C20H22ClF2N5O3/c21-16-14(23)15-13-17(27-4-5-29-9-12(8-27)31-18(13)25-16)26-19(24-15)30-10-20-2-1-3-28(20)7-11(22)6-20/h11-12H,1-10H2/t11-,12?,20+/m1/s1. The third kappa shape index (κ3) is 3.18. The van der Waals surface area contributed by atoms with E-state index in [0.29, 0.717) is 50.5 Å². The fourth-order valence-corrected chi connectivity index (χ4v) is 5.47. The largest absolute Gasteiger partial charge is 0.469 e. The third-order valence-corrected chi connectivity index (χ3v) is 6.96. The first-order chi connectivity index (χ1) is 15.0. The molecule has 0 N–H and O–H groups in total. The first-order valence-corrected chi connectivity index (χ1v) is 11.0. The van der Waals surface area contributed by atoms with E-state index >= 15 is 0 Å². The molecule has 0 saturated carbocycles. The Morgan fingerprint density at radius 1 is 1.23 bits per heavy atom. The molecule has 0 aromatic carbocycles. The smallest absolute Gasteiger partial charge is 0.319 e. The summed E-state index contributed by atoms with van der Waals surface area (Å²) in [6.45, 7) is 3.52. The fourth-order valence-electron chi connectivity index (χ4n) is 5.30. The molecule has 31 heavy (non-hydrogen) atoms. The lowest BCUT2D eigenvalue weighted by atomic mass is 9.95. The minimum atomic E-state index is -0.859. The van der Waals surface area contributed by atoms with Gasteiger partial charge in [-0.1, -0.05) is 11.6 Å². The fraction of sp³-hybridized carbons (Fsp3) is 0.650. The van der Waals surface area contributed by atoms with Crippen LogP contribution in [0.3, 0.4) is 0 Å². The highest BCUT2D eigenvalue weighted by molar-refractivity contribution is 6.30. The molecule has 1 unspecified atom stereocenters. The SMILES string of the molecule is Fc1c(Cl)nc2c3c(nc(OC[C@@]45CCCN4C[C@H](F)C5)nc13)N1CCOCC(C1)O2. The van der Waals surface area contributed by atoms with E-state index in [-0.39, 0.29) is 40.8 Å². The number of aromatic nitrogens is 3. The first kappa shape index (κ1) is 19.6. The summed E-state index contributed by atoms with van der Waals surface area (Å²) in [4.78, 5) is 17.2. The number of rotatable bonds is 3. The minimum Gasteiger partial charge on any atom is -0.469 e. The minimum absolute atomic E-state index is 0.0118. The Hall–Kier alpha value is -2.04. The molecule has 4 aliphatic heterocycles. The summed E-state index contributed by atoms with van der Waals surface area (Å²) in [6.07, 6.45) is 1.15. The number of nitrogens with zero attached hydrogens (tertiary/aromatic N) is 5. The second-order valence-corrected chi connectivity index (χ2v) is 9.06. The van der Waals surface area contributed by atoms with Gasteiger partial charge in [0.25, 0.3) is 0 Å². The van der Waals surface area contributed by atoms with Crippen molar-refractivity contribution in [2.45, 2.75) is 37.1 Å². The normalized spacial score (nSPS) is 30.1. The van der Waals surface area contributed by atoms with Crippen LogP contribution >= 0.6 is 11.6 Å². The third-order valence-electron chi connectivity index (χ3n) is 6.71. The Kier molecular flexibility index (Phi) is 4.59. The summed E-state index contributed by atoms with van der Waals surface area (Å²) in [7, 11) is 0. The summed E-state index contributed by atoms with van der Waals surface area (Å²) in [5, 5.41) is 0.0592. The van der Waals surface area contributed by atoms with Crippen LogP contribution in [0.1, 0.15) is 19.3 Å². The molecule has 166 valence electrons. The van der Waals surface area contributed by atoms with Crippen molar-refractivity contribution in [3.05, 3.63) is 11.0 Å². The van der Waals surface area contributed by atoms with Crippen molar-refractivity contribution in [2.24, 2.45) is 0 Å². The molecular weight excluding hydrogens is 432 g/mol. The lowest BCUT2D eigenvalue weighted by Crippen LogP contribution is -2.43. The van der Waals surface area contributed by atoms with Crippen molar-refractivity contribution in [2.75, 3.05) is 50.9 Å². The molecule has 0 amide bonds. The van der Waals surface area contributed by atoms with Gasteiger partial charge < -0.3 is 19.1 Å². The highest BCUT2D eigenvalue weighted by Crippen LogP contribution is 2.42. The van der Waals surface area contributed by atoms with Crippen molar-refractivity contribution >= 4 is 28.3 Å². The van der Waals surface area contributed by atoms with Gasteiger partial charge in [0.2, 0.25) is 5.88 Å². The van der Waals surface area contributed by atoms with Crippen LogP contribution in [-0.2, 0) is 4.74 Å². The maximum absolute atomic E-state index is 15.0. The van der Waals surface area contributed by atoms with Crippen LogP contribution < -0.4 is 14.4 Å². The second-order valence-electron chi connectivity index (χ2n) is 8.70. The second kappa shape index (κ2) is 7.25. The van der Waals surface area contributed by atoms with Crippen LogP contribution in [0.15, 0.2) is 0 Å². The molecule has 2 aromatic rings. The van der Waals surface area contributed by atoms with E-state index in [1.54, 1.807) is 0 Å². The molecule has 3 saturated heterocycles. The van der Waals surface area contributed by atoms with E-state index in [2.05, 4.69) is 19.9 Å². The molecular formula is C20H22ClF2N5O3. The number of pyridine rings is 1. The molecule has 6 rings (SSSR count). The van der Waals surface area contributed by atoms with Gasteiger partial charge in [0, 0.05) is 19.5 Å². The van der Waals surface area contributed by atoms with Crippen molar-refractivity contribution in [1.29, 1.82) is 0 Å². The highest BCUT2D eigenvalue weighted by atomic mass is 35.5. The lowest BCUT2D eigenvalue weighted by Gasteiger charge is -2.31. The Labute approximate surface area is 182 Å². The van der Waals surface area contributed by atoms with E-state index < -0.39 is 12.0 Å². The summed E-state index contributed by atoms with van der Waals surface area (Å²) in [5.41, 5.74) is -0.339. The zero-order chi connectivity index (χ0) is 21.2. The van der Waals surface area contributed by atoms with Crippen molar-refractivity contribution in [3.8, 4) is 11.9 Å². The number of hydrogen-bond acceptors (Lipinski definition) is 8. The summed E-state index contributed by atoms with van der Waals surface area (Å²) < 4.78 is 46.6. The van der Waals surface area contributed by atoms with Crippen LogP contribution in [0.4, 0.5) is 14.6 Å². The van der Waals surface area contributed by atoms with Crippen molar-refractivity contribution in [1.82, 2.24) is 19.9 Å². The lowest BCUT2D eigenvalue weighted by molar-refractivity contribution is 0.0717. The number of anilines is 1. The molecule has 6 heterocycles. The molecule has 2 bridgehead atoms. The summed E-state index contributed by atoms with van der Waals surface area (Å²) in [5.74, 6) is -0.0613. The van der Waals surface area contributed by atoms with Gasteiger partial charge in [0.05, 0.1) is 25.3 Å². The Morgan fingerprint density at radius 2 is 2.13 bits per heavy atom. The van der Waals surface area contributed by atoms with E-state index in [1.807, 2.05) is 4.90 Å². The number of alkyl halides is 1. The molecule has 0 aliphatic carbocycles. The topological polar surface area (TPSA) is 72.8 Å². The van der Waals surface area contributed by atoms with Gasteiger partial charge >= 0.3 is 6.01 Å². The Bertz CT molecular complexity index is 1050. The predicted molar refractivity (Wildman–Crippen MR) is 108 cm³/mol. The molecule has 0 spiro atoms. The van der Waals surface area contributed by atoms with E-state index in [9.17, 15) is 8.78 Å². The summed E-state index contributed by atoms with van der Waals surface area (Å²) >= 11 is 6.04. The average molecular weight is 454 g/mol. The predicted octanol–water partition coefficient (Wildman–Crippen LogP) is 2.37. The quantitative estimate of drug-likeness (QED) is 0.656. The molecule has 3 fully saturated rings. The maximum Gasteiger partial charge on any atom is 0.319 e. The van der Waals surface area contributed by atoms with Gasteiger partial charge in [-0.3, -0.25) is 4.90 Å². The van der Waals surface area contributed by atoms with Gasteiger partial charge in [0.1, 0.15) is 35.6 Å². The molecule has 4 aliphatic rings. The molecule has 2 aromatic heterocycles. The molecule has 8 nitrogen and oxygen atoms in total. The Balaban J connectivity index is 1.41. The van der Waals surface area contributed by atoms with E-state index in [4.69, 9.17) is 25.8 Å². The van der Waals surface area contributed by atoms with Gasteiger partial charge in [-0.05, 0) is 19.4 Å². The molecule has 11 heteroatoms. The Morgan fingerprint density at radius 3 is 3.03 bits per heavy atom. The van der Waals surface area contributed by atoms with Gasteiger partial charge in [-0.25, -0.2) is 8.78 Å². The van der Waals surface area contributed by atoms with E-state index in [0.717, 1.165) is 19.4 Å². The van der Waals surface area contributed by atoms with Gasteiger partial charge in [-0.15, -0.1) is 0 Å². The highest BCUT2D eigenvalue weighted by Gasteiger charge is 2.49. The van der Waals surface area contributed by atoms with Crippen molar-refractivity contribution in [3.63, 3.8) is 0 Å². The van der Waals surface area contributed by atoms with Gasteiger partial charge in [0.15, 0.2) is 11.0 Å². The number of hydrogen-bond donors (Lipinski definition) is 0.